The molecule has 5 heteroatoms. The third-order valence-electron chi connectivity index (χ3n) is 6.53. The van der Waals surface area contributed by atoms with Gasteiger partial charge >= 0.3 is 0 Å². The minimum atomic E-state index is -0.695. The van der Waals surface area contributed by atoms with Gasteiger partial charge in [-0.3, -0.25) is 9.59 Å². The van der Waals surface area contributed by atoms with E-state index in [1.54, 1.807) is 12.1 Å². The smallest absolute Gasteiger partial charge is 0.173 e. The van der Waals surface area contributed by atoms with Crippen LogP contribution in [0, 0.1) is 5.41 Å². The van der Waals surface area contributed by atoms with Crippen LogP contribution in [0.2, 0.25) is 4.34 Å². The summed E-state index contributed by atoms with van der Waals surface area (Å²) in [6, 6.07) is 10.1. The molecule has 5 rings (SSSR count). The quantitative estimate of drug-likeness (QED) is 0.551. The number of halogens is 1. The lowest BCUT2D eigenvalue weighted by molar-refractivity contribution is -0.126. The van der Waals surface area contributed by atoms with Gasteiger partial charge in [0.1, 0.15) is 5.78 Å². The van der Waals surface area contributed by atoms with Gasteiger partial charge in [0.2, 0.25) is 0 Å². The molecule has 0 N–H and O–H groups in total. The van der Waals surface area contributed by atoms with E-state index in [2.05, 4.69) is 30.1 Å². The van der Waals surface area contributed by atoms with Crippen LogP contribution in [-0.2, 0) is 11.2 Å². The maximum Gasteiger partial charge on any atom is 0.173 e. The summed E-state index contributed by atoms with van der Waals surface area (Å²) in [4.78, 5) is 28.7. The molecule has 0 radical (unpaired) electrons. The number of carbonyl (C=O) groups excluding carboxylic acids is 2. The van der Waals surface area contributed by atoms with Gasteiger partial charge < -0.3 is 4.90 Å². The summed E-state index contributed by atoms with van der Waals surface area (Å²) in [5, 5.41) is 0. The van der Waals surface area contributed by atoms with E-state index in [-0.39, 0.29) is 18.0 Å². The topological polar surface area (TPSA) is 37.4 Å². The minimum absolute atomic E-state index is 0.0116. The van der Waals surface area contributed by atoms with Gasteiger partial charge in [-0.1, -0.05) is 43.6 Å². The van der Waals surface area contributed by atoms with Crippen molar-refractivity contribution in [3.63, 3.8) is 0 Å². The van der Waals surface area contributed by atoms with Gasteiger partial charge in [-0.15, -0.1) is 11.3 Å². The molecular weight excluding hydrogens is 402 g/mol. The number of fused-ring (bicyclic) bond motifs is 3. The summed E-state index contributed by atoms with van der Waals surface area (Å²) in [5.41, 5.74) is 3.30. The molecule has 154 valence electrons. The third-order valence-corrected chi connectivity index (χ3v) is 7.80. The van der Waals surface area contributed by atoms with Crippen molar-refractivity contribution in [1.82, 2.24) is 4.90 Å². The SMILES string of the molecule is CN1CC2CCC(C1)c1cc(CC(=O)C(C)(C)CC(=O)c3ccc(Cl)s3)ccc12. The van der Waals surface area contributed by atoms with Crippen molar-refractivity contribution in [3.8, 4) is 0 Å². The molecule has 1 saturated heterocycles. The molecule has 3 aliphatic rings. The number of rotatable bonds is 6. The number of thiophene rings is 1. The summed E-state index contributed by atoms with van der Waals surface area (Å²) in [6.07, 6.45) is 3.10. The van der Waals surface area contributed by atoms with Crippen molar-refractivity contribution < 1.29 is 9.59 Å². The molecule has 3 heterocycles. The normalized spacial score (nSPS) is 21.7. The zero-order chi connectivity index (χ0) is 20.8. The molecule has 2 atom stereocenters. The lowest BCUT2D eigenvalue weighted by Gasteiger charge is -2.27. The van der Waals surface area contributed by atoms with Gasteiger partial charge in [0.25, 0.3) is 0 Å². The standard InChI is InChI=1S/C24H28ClNO2S/c1-24(2,12-20(27)21-8-9-23(25)29-21)22(28)11-15-4-7-18-16-5-6-17(19(18)10-15)14-26(3)13-16/h4,7-10,16-17H,5-6,11-14H2,1-3H3. The molecule has 1 aromatic carbocycles. The molecule has 2 bridgehead atoms. The van der Waals surface area contributed by atoms with Gasteiger partial charge in [-0.2, -0.15) is 0 Å². The van der Waals surface area contributed by atoms with Crippen LogP contribution in [0.25, 0.3) is 0 Å². The average molecular weight is 430 g/mol. The highest BCUT2D eigenvalue weighted by atomic mass is 35.5. The Hall–Kier alpha value is -1.49. The molecular formula is C24H28ClNO2S. The molecule has 0 amide bonds. The van der Waals surface area contributed by atoms with E-state index in [0.717, 1.165) is 18.7 Å². The summed E-state index contributed by atoms with van der Waals surface area (Å²) in [5.74, 6) is 1.29. The molecule has 1 fully saturated rings. The van der Waals surface area contributed by atoms with Crippen molar-refractivity contribution in [2.24, 2.45) is 5.41 Å². The van der Waals surface area contributed by atoms with Crippen LogP contribution in [0.15, 0.2) is 30.3 Å². The second kappa shape index (κ2) is 7.98. The zero-order valence-electron chi connectivity index (χ0n) is 17.3. The first-order chi connectivity index (χ1) is 13.7. The van der Waals surface area contributed by atoms with Crippen LogP contribution < -0.4 is 0 Å². The molecule has 1 aromatic heterocycles. The highest BCUT2D eigenvalue weighted by Gasteiger charge is 2.34. The van der Waals surface area contributed by atoms with Crippen molar-refractivity contribution in [2.75, 3.05) is 20.1 Å². The van der Waals surface area contributed by atoms with E-state index in [1.807, 2.05) is 13.8 Å². The molecule has 2 aromatic rings. The first kappa shape index (κ1) is 20.8. The number of Topliss-reactive ketones (excluding diaryl/α,β-unsaturated/α-hetero) is 2. The number of hydrogen-bond acceptors (Lipinski definition) is 4. The Labute approximate surface area is 182 Å². The first-order valence-electron chi connectivity index (χ1n) is 10.4. The summed E-state index contributed by atoms with van der Waals surface area (Å²) >= 11 is 7.22. The lowest BCUT2D eigenvalue weighted by Crippen LogP contribution is -2.29. The lowest BCUT2D eigenvalue weighted by atomic mass is 9.76. The predicted molar refractivity (Wildman–Crippen MR) is 119 cm³/mol. The van der Waals surface area contributed by atoms with Crippen molar-refractivity contribution >= 4 is 34.5 Å². The Morgan fingerprint density at radius 1 is 1.10 bits per heavy atom. The molecule has 0 saturated carbocycles. The number of likely N-dealkylation sites (N-methyl/N-ethyl adjacent to an activating group) is 1. The number of carbonyl (C=O) groups is 2. The number of hydrogen-bond donors (Lipinski definition) is 0. The maximum absolute atomic E-state index is 13.1. The van der Waals surface area contributed by atoms with Crippen molar-refractivity contribution in [2.45, 2.75) is 51.4 Å². The van der Waals surface area contributed by atoms with Crippen LogP contribution in [0.5, 0.6) is 0 Å². The van der Waals surface area contributed by atoms with E-state index in [1.165, 1.54) is 35.3 Å². The van der Waals surface area contributed by atoms with E-state index < -0.39 is 5.41 Å². The van der Waals surface area contributed by atoms with E-state index in [9.17, 15) is 9.59 Å². The van der Waals surface area contributed by atoms with Gasteiger partial charge in [-0.25, -0.2) is 0 Å². The maximum atomic E-state index is 13.1. The molecule has 0 spiro atoms. The Balaban J connectivity index is 1.48. The monoisotopic (exact) mass is 429 g/mol. The second-order valence-corrected chi connectivity index (χ2v) is 11.1. The van der Waals surface area contributed by atoms with Gasteiger partial charge in [0, 0.05) is 31.3 Å². The third kappa shape index (κ3) is 4.35. The highest BCUT2D eigenvalue weighted by molar-refractivity contribution is 7.18. The number of benzene rings is 1. The van der Waals surface area contributed by atoms with Crippen LogP contribution in [-0.4, -0.2) is 36.6 Å². The van der Waals surface area contributed by atoms with E-state index >= 15 is 0 Å². The summed E-state index contributed by atoms with van der Waals surface area (Å²) < 4.78 is 0.599. The fourth-order valence-electron chi connectivity index (χ4n) is 4.86. The number of nitrogens with zero attached hydrogens (tertiary/aromatic N) is 1. The van der Waals surface area contributed by atoms with Crippen molar-refractivity contribution in [3.05, 3.63) is 56.2 Å². The predicted octanol–water partition coefficient (Wildman–Crippen LogP) is 5.72. The summed E-state index contributed by atoms with van der Waals surface area (Å²) in [6.45, 7) is 5.99. The molecule has 29 heavy (non-hydrogen) atoms. The van der Waals surface area contributed by atoms with Gasteiger partial charge in [-0.05, 0) is 60.5 Å². The van der Waals surface area contributed by atoms with Crippen LogP contribution in [0.3, 0.4) is 0 Å². The average Bonchev–Trinajstić information content (AvgIpc) is 2.94. The number of ketones is 2. The van der Waals surface area contributed by atoms with Crippen LogP contribution >= 0.6 is 22.9 Å². The largest absolute Gasteiger partial charge is 0.305 e. The molecule has 2 unspecified atom stereocenters. The molecule has 2 aliphatic heterocycles. The highest BCUT2D eigenvalue weighted by Crippen LogP contribution is 2.43. The zero-order valence-corrected chi connectivity index (χ0v) is 18.9. The van der Waals surface area contributed by atoms with Crippen molar-refractivity contribution in [1.29, 1.82) is 0 Å². The van der Waals surface area contributed by atoms with Gasteiger partial charge in [0.05, 0.1) is 9.21 Å². The second-order valence-electron chi connectivity index (χ2n) is 9.34. The Morgan fingerprint density at radius 3 is 2.45 bits per heavy atom. The summed E-state index contributed by atoms with van der Waals surface area (Å²) in [7, 11) is 2.21. The Morgan fingerprint density at radius 2 is 1.79 bits per heavy atom. The van der Waals surface area contributed by atoms with Crippen LogP contribution in [0.1, 0.15) is 71.3 Å². The fourth-order valence-corrected chi connectivity index (χ4v) is 5.84. The molecule has 3 nitrogen and oxygen atoms in total. The van der Waals surface area contributed by atoms with E-state index in [4.69, 9.17) is 11.6 Å². The van der Waals surface area contributed by atoms with E-state index in [0.29, 0.717) is 27.5 Å². The molecule has 1 aliphatic carbocycles. The first-order valence-corrected chi connectivity index (χ1v) is 11.6. The Kier molecular flexibility index (Phi) is 5.71. The van der Waals surface area contributed by atoms with Crippen LogP contribution in [0.4, 0.5) is 0 Å². The Bertz CT molecular complexity index is 948. The minimum Gasteiger partial charge on any atom is -0.305 e. The fraction of sp³-hybridized carbons (Fsp3) is 0.500. The van der Waals surface area contributed by atoms with Gasteiger partial charge in [0.15, 0.2) is 5.78 Å².